The molecule has 21 heavy (non-hydrogen) atoms. The summed E-state index contributed by atoms with van der Waals surface area (Å²) >= 11 is 0. The van der Waals surface area contributed by atoms with Crippen molar-refractivity contribution in [1.82, 2.24) is 9.88 Å². The number of rotatable bonds is 7. The Bertz CT molecular complexity index is 539. The van der Waals surface area contributed by atoms with E-state index < -0.39 is 0 Å². The van der Waals surface area contributed by atoms with Crippen LogP contribution in [0, 0.1) is 0 Å². The molecule has 0 saturated heterocycles. The molecule has 1 atom stereocenters. The molecule has 0 spiro atoms. The van der Waals surface area contributed by atoms with E-state index >= 15 is 0 Å². The molecule has 2 N–H and O–H groups in total. The summed E-state index contributed by atoms with van der Waals surface area (Å²) in [5.41, 5.74) is 10.1. The average Bonchev–Trinajstić information content (AvgIpc) is 2.56. The van der Waals surface area contributed by atoms with Gasteiger partial charge in [0.25, 0.3) is 0 Å². The van der Waals surface area contributed by atoms with Crippen LogP contribution in [0.25, 0.3) is 0 Å². The van der Waals surface area contributed by atoms with Gasteiger partial charge in [0.2, 0.25) is 0 Å². The van der Waals surface area contributed by atoms with E-state index in [1.807, 2.05) is 12.4 Å². The van der Waals surface area contributed by atoms with Gasteiger partial charge in [-0.1, -0.05) is 38.1 Å². The second kappa shape index (κ2) is 7.91. The van der Waals surface area contributed by atoms with E-state index in [9.17, 15) is 0 Å². The number of pyridine rings is 1. The van der Waals surface area contributed by atoms with Crippen molar-refractivity contribution in [3.8, 4) is 0 Å². The molecule has 1 unspecified atom stereocenters. The zero-order valence-electron chi connectivity index (χ0n) is 13.0. The van der Waals surface area contributed by atoms with Crippen LogP contribution < -0.4 is 5.73 Å². The summed E-state index contributed by atoms with van der Waals surface area (Å²) in [7, 11) is 0. The summed E-state index contributed by atoms with van der Waals surface area (Å²) in [4.78, 5) is 6.52. The van der Waals surface area contributed by atoms with Crippen molar-refractivity contribution in [2.24, 2.45) is 5.73 Å². The molecule has 0 bridgehead atoms. The molecule has 1 heterocycles. The summed E-state index contributed by atoms with van der Waals surface area (Å²) in [5.74, 6) is 0. The highest BCUT2D eigenvalue weighted by atomic mass is 15.2. The predicted molar refractivity (Wildman–Crippen MR) is 87.9 cm³/mol. The number of benzene rings is 1. The van der Waals surface area contributed by atoms with Crippen LogP contribution in [0.5, 0.6) is 0 Å². The Balaban J connectivity index is 2.25. The number of nitrogens with zero attached hydrogens (tertiary/aromatic N) is 2. The Morgan fingerprint density at radius 2 is 1.81 bits per heavy atom. The fraction of sp³-hybridized carbons (Fsp3) is 0.389. The van der Waals surface area contributed by atoms with Gasteiger partial charge in [-0.05, 0) is 41.8 Å². The lowest BCUT2D eigenvalue weighted by molar-refractivity contribution is 0.202. The standard InChI is InChI=1S/C18H25N3/c1-3-16-7-5-6-8-17(16)18(13-19)21(4-2)14-15-9-11-20-12-10-15/h5-12,18H,3-4,13-14,19H2,1-2H3. The van der Waals surface area contributed by atoms with Gasteiger partial charge >= 0.3 is 0 Å². The third-order valence-electron chi connectivity index (χ3n) is 4.00. The van der Waals surface area contributed by atoms with Crippen molar-refractivity contribution in [2.45, 2.75) is 32.9 Å². The maximum Gasteiger partial charge on any atom is 0.0476 e. The first-order valence-corrected chi connectivity index (χ1v) is 7.70. The van der Waals surface area contributed by atoms with Gasteiger partial charge in [0.15, 0.2) is 0 Å². The quantitative estimate of drug-likeness (QED) is 0.848. The molecular weight excluding hydrogens is 258 g/mol. The molecule has 0 amide bonds. The fourth-order valence-electron chi connectivity index (χ4n) is 2.82. The smallest absolute Gasteiger partial charge is 0.0476 e. The zero-order valence-corrected chi connectivity index (χ0v) is 13.0. The molecule has 2 aromatic rings. The van der Waals surface area contributed by atoms with Crippen LogP contribution in [0.3, 0.4) is 0 Å². The van der Waals surface area contributed by atoms with Crippen molar-refractivity contribution in [1.29, 1.82) is 0 Å². The molecule has 1 aromatic heterocycles. The molecule has 0 aliphatic rings. The van der Waals surface area contributed by atoms with Gasteiger partial charge in [0.05, 0.1) is 0 Å². The lowest BCUT2D eigenvalue weighted by atomic mass is 9.97. The van der Waals surface area contributed by atoms with Crippen molar-refractivity contribution in [2.75, 3.05) is 13.1 Å². The molecule has 3 heteroatoms. The summed E-state index contributed by atoms with van der Waals surface area (Å²) < 4.78 is 0. The summed E-state index contributed by atoms with van der Waals surface area (Å²) in [6.45, 7) is 6.90. The van der Waals surface area contributed by atoms with E-state index in [-0.39, 0.29) is 6.04 Å². The molecule has 0 aliphatic carbocycles. The number of hydrogen-bond donors (Lipinski definition) is 1. The lowest BCUT2D eigenvalue weighted by Gasteiger charge is -2.31. The highest BCUT2D eigenvalue weighted by Crippen LogP contribution is 2.25. The van der Waals surface area contributed by atoms with Gasteiger partial charge in [-0.15, -0.1) is 0 Å². The lowest BCUT2D eigenvalue weighted by Crippen LogP contribution is -2.34. The van der Waals surface area contributed by atoms with Gasteiger partial charge in [0.1, 0.15) is 0 Å². The number of hydrogen-bond acceptors (Lipinski definition) is 3. The van der Waals surface area contributed by atoms with Crippen LogP contribution in [0.4, 0.5) is 0 Å². The minimum Gasteiger partial charge on any atom is -0.329 e. The number of aryl methyl sites for hydroxylation is 1. The summed E-state index contributed by atoms with van der Waals surface area (Å²) in [6, 6.07) is 13.0. The summed E-state index contributed by atoms with van der Waals surface area (Å²) in [5, 5.41) is 0. The van der Waals surface area contributed by atoms with E-state index in [2.05, 4.69) is 60.1 Å². The van der Waals surface area contributed by atoms with E-state index in [1.54, 1.807) is 0 Å². The van der Waals surface area contributed by atoms with Crippen molar-refractivity contribution < 1.29 is 0 Å². The van der Waals surface area contributed by atoms with Gasteiger partial charge in [-0.25, -0.2) is 0 Å². The Morgan fingerprint density at radius 3 is 2.43 bits per heavy atom. The maximum absolute atomic E-state index is 6.10. The van der Waals surface area contributed by atoms with Gasteiger partial charge in [-0.3, -0.25) is 9.88 Å². The van der Waals surface area contributed by atoms with Crippen LogP contribution in [-0.4, -0.2) is 23.0 Å². The second-order valence-corrected chi connectivity index (χ2v) is 5.22. The molecule has 0 aliphatic heterocycles. The van der Waals surface area contributed by atoms with Crippen molar-refractivity contribution >= 4 is 0 Å². The Hall–Kier alpha value is -1.71. The van der Waals surface area contributed by atoms with Crippen molar-refractivity contribution in [3.63, 3.8) is 0 Å². The second-order valence-electron chi connectivity index (χ2n) is 5.22. The predicted octanol–water partition coefficient (Wildman–Crippen LogP) is 3.17. The molecule has 0 radical (unpaired) electrons. The van der Waals surface area contributed by atoms with Crippen LogP contribution in [0.15, 0.2) is 48.8 Å². The maximum atomic E-state index is 6.10. The molecule has 112 valence electrons. The molecule has 0 fully saturated rings. The van der Waals surface area contributed by atoms with E-state index in [0.717, 1.165) is 19.5 Å². The molecule has 3 nitrogen and oxygen atoms in total. The van der Waals surface area contributed by atoms with Crippen LogP contribution in [0.2, 0.25) is 0 Å². The Morgan fingerprint density at radius 1 is 1.10 bits per heavy atom. The van der Waals surface area contributed by atoms with Crippen LogP contribution >= 0.6 is 0 Å². The van der Waals surface area contributed by atoms with Gasteiger partial charge < -0.3 is 5.73 Å². The van der Waals surface area contributed by atoms with E-state index in [4.69, 9.17) is 5.73 Å². The first kappa shape index (κ1) is 15.7. The van der Waals surface area contributed by atoms with Crippen molar-refractivity contribution in [3.05, 3.63) is 65.5 Å². The first-order chi connectivity index (χ1) is 10.3. The number of nitrogens with two attached hydrogens (primary N) is 1. The monoisotopic (exact) mass is 283 g/mol. The number of aromatic nitrogens is 1. The van der Waals surface area contributed by atoms with Gasteiger partial charge in [0, 0.05) is 31.5 Å². The first-order valence-electron chi connectivity index (χ1n) is 7.70. The third kappa shape index (κ3) is 3.90. The minimum atomic E-state index is 0.263. The minimum absolute atomic E-state index is 0.263. The number of likely N-dealkylation sites (N-methyl/N-ethyl adjacent to an activating group) is 1. The highest BCUT2D eigenvalue weighted by molar-refractivity contribution is 5.30. The fourth-order valence-corrected chi connectivity index (χ4v) is 2.82. The Kier molecular flexibility index (Phi) is 5.90. The highest BCUT2D eigenvalue weighted by Gasteiger charge is 2.19. The third-order valence-corrected chi connectivity index (χ3v) is 4.00. The molecule has 2 rings (SSSR count). The average molecular weight is 283 g/mol. The van der Waals surface area contributed by atoms with E-state index in [0.29, 0.717) is 6.54 Å². The zero-order chi connectivity index (χ0) is 15.1. The molecule has 0 saturated carbocycles. The van der Waals surface area contributed by atoms with Crippen LogP contribution in [-0.2, 0) is 13.0 Å². The normalized spacial score (nSPS) is 12.6. The molecule has 1 aromatic carbocycles. The largest absolute Gasteiger partial charge is 0.329 e. The van der Waals surface area contributed by atoms with Crippen LogP contribution in [0.1, 0.15) is 36.6 Å². The van der Waals surface area contributed by atoms with E-state index in [1.165, 1.54) is 16.7 Å². The summed E-state index contributed by atoms with van der Waals surface area (Å²) in [6.07, 6.45) is 4.74. The SMILES string of the molecule is CCc1ccccc1C(CN)N(CC)Cc1ccncc1. The topological polar surface area (TPSA) is 42.1 Å². The van der Waals surface area contributed by atoms with Gasteiger partial charge in [-0.2, -0.15) is 0 Å². The Labute approximate surface area is 127 Å². The molecular formula is C18H25N3.